The molecule has 3 N–H and O–H groups in total. The molecule has 6 heteroatoms. The second kappa shape index (κ2) is 11.8. The Morgan fingerprint density at radius 1 is 0.909 bits per heavy atom. The maximum absolute atomic E-state index is 11.6. The molecule has 0 unspecified atom stereocenters. The van der Waals surface area contributed by atoms with Gasteiger partial charge in [0.1, 0.15) is 0 Å². The number of aromatic carboxylic acids is 1. The fraction of sp³-hybridized carbons (Fsp3) is 0.148. The maximum Gasteiger partial charge on any atom is 0.336 e. The van der Waals surface area contributed by atoms with E-state index in [1.807, 2.05) is 60.0 Å². The lowest BCUT2D eigenvalue weighted by Crippen LogP contribution is -2.23. The molecular weight excluding hydrogens is 454 g/mol. The van der Waals surface area contributed by atoms with E-state index in [1.165, 1.54) is 16.9 Å². The number of carbonyl (C=O) groups is 1. The quantitative estimate of drug-likeness (QED) is 0.255. The number of hydrogen-bond donors (Lipinski definition) is 3. The van der Waals surface area contributed by atoms with Crippen LogP contribution >= 0.6 is 23.7 Å². The van der Waals surface area contributed by atoms with Gasteiger partial charge in [-0.3, -0.25) is 0 Å². The van der Waals surface area contributed by atoms with Crippen LogP contribution in [0.5, 0.6) is 0 Å². The lowest BCUT2D eigenvalue weighted by atomic mass is 9.97. The number of thiophene rings is 1. The van der Waals surface area contributed by atoms with Crippen LogP contribution < -0.4 is 5.32 Å². The minimum absolute atomic E-state index is 0. The zero-order valence-electron chi connectivity index (χ0n) is 18.0. The van der Waals surface area contributed by atoms with E-state index >= 15 is 0 Å². The van der Waals surface area contributed by atoms with E-state index in [2.05, 4.69) is 29.6 Å². The molecule has 4 aromatic rings. The van der Waals surface area contributed by atoms with Crippen LogP contribution in [0.25, 0.3) is 21.6 Å². The van der Waals surface area contributed by atoms with E-state index in [0.29, 0.717) is 12.1 Å². The van der Waals surface area contributed by atoms with Gasteiger partial charge in [0.25, 0.3) is 0 Å². The molecule has 170 valence electrons. The summed E-state index contributed by atoms with van der Waals surface area (Å²) in [6.07, 6.45) is 0.352. The highest BCUT2D eigenvalue weighted by Gasteiger charge is 2.14. The first-order valence-corrected chi connectivity index (χ1v) is 11.4. The van der Waals surface area contributed by atoms with Gasteiger partial charge in [-0.25, -0.2) is 4.79 Å². The molecule has 0 radical (unpaired) electrons. The highest BCUT2D eigenvalue weighted by atomic mass is 35.5. The summed E-state index contributed by atoms with van der Waals surface area (Å²) in [7, 11) is 0. The number of halogens is 1. The maximum atomic E-state index is 11.6. The van der Waals surface area contributed by atoms with Crippen LogP contribution in [0.2, 0.25) is 0 Å². The first-order chi connectivity index (χ1) is 15.6. The van der Waals surface area contributed by atoms with Gasteiger partial charge in [0.15, 0.2) is 0 Å². The summed E-state index contributed by atoms with van der Waals surface area (Å²) >= 11 is 1.54. The molecule has 0 amide bonds. The zero-order chi connectivity index (χ0) is 22.3. The number of carboxylic acids is 1. The van der Waals surface area contributed by atoms with Crippen molar-refractivity contribution in [2.24, 2.45) is 0 Å². The fourth-order valence-corrected chi connectivity index (χ4v) is 4.43. The lowest BCUT2D eigenvalue weighted by Gasteiger charge is -2.12. The zero-order valence-corrected chi connectivity index (χ0v) is 19.6. The molecule has 1 heterocycles. The minimum atomic E-state index is -0.916. The van der Waals surface area contributed by atoms with E-state index in [1.54, 1.807) is 6.07 Å². The third kappa shape index (κ3) is 6.30. The molecule has 0 saturated carbocycles. The largest absolute Gasteiger partial charge is 0.478 e. The summed E-state index contributed by atoms with van der Waals surface area (Å²) in [6, 6.07) is 27.4. The van der Waals surface area contributed by atoms with Crippen molar-refractivity contribution in [2.75, 3.05) is 13.1 Å². The summed E-state index contributed by atoms with van der Waals surface area (Å²) in [5.41, 5.74) is 5.23. The Morgan fingerprint density at radius 2 is 1.64 bits per heavy atom. The Balaban J connectivity index is 0.00000306. The van der Waals surface area contributed by atoms with Gasteiger partial charge < -0.3 is 15.5 Å². The predicted octanol–water partition coefficient (Wildman–Crippen LogP) is 6.07. The van der Waals surface area contributed by atoms with Crippen molar-refractivity contribution in [2.45, 2.75) is 12.5 Å². The second-order valence-electron chi connectivity index (χ2n) is 7.62. The van der Waals surface area contributed by atoms with Crippen molar-refractivity contribution in [1.29, 1.82) is 0 Å². The Labute approximate surface area is 204 Å². The minimum Gasteiger partial charge on any atom is -0.478 e. The van der Waals surface area contributed by atoms with Crippen LogP contribution in [0.3, 0.4) is 0 Å². The van der Waals surface area contributed by atoms with Gasteiger partial charge in [-0.15, -0.1) is 23.7 Å². The number of nitrogens with one attached hydrogen (secondary N) is 1. The van der Waals surface area contributed by atoms with Crippen molar-refractivity contribution < 1.29 is 15.0 Å². The molecule has 0 aliphatic carbocycles. The van der Waals surface area contributed by atoms with Gasteiger partial charge in [-0.1, -0.05) is 66.7 Å². The van der Waals surface area contributed by atoms with Crippen LogP contribution in [0.15, 0.2) is 90.3 Å². The molecule has 0 aliphatic heterocycles. The standard InChI is InChI=1S/C27H25NO3S.ClH/c29-25(21-5-2-1-3-6-21)18-28-15-14-19-8-10-20(11-9-19)22-12-13-23(27(30)31)24(17-22)26-7-4-16-32-26;/h1-13,16-17,25,28-29H,14-15,18H2,(H,30,31);1H/t25-;/m0./s1. The van der Waals surface area contributed by atoms with Gasteiger partial charge in [0, 0.05) is 17.0 Å². The summed E-state index contributed by atoms with van der Waals surface area (Å²) in [5.74, 6) is -0.916. The van der Waals surface area contributed by atoms with Crippen molar-refractivity contribution in [3.63, 3.8) is 0 Å². The van der Waals surface area contributed by atoms with Crippen molar-refractivity contribution in [1.82, 2.24) is 5.32 Å². The van der Waals surface area contributed by atoms with E-state index in [9.17, 15) is 15.0 Å². The highest BCUT2D eigenvalue weighted by Crippen LogP contribution is 2.32. The summed E-state index contributed by atoms with van der Waals surface area (Å²) in [5, 5.41) is 25.0. The highest BCUT2D eigenvalue weighted by molar-refractivity contribution is 7.13. The normalized spacial score (nSPS) is 11.5. The number of carboxylic acid groups (broad SMARTS) is 1. The Hall–Kier alpha value is -2.96. The lowest BCUT2D eigenvalue weighted by molar-refractivity contribution is 0.0697. The van der Waals surface area contributed by atoms with Crippen LogP contribution in [-0.4, -0.2) is 29.3 Å². The number of aliphatic hydroxyl groups is 1. The molecule has 4 nitrogen and oxygen atoms in total. The van der Waals surface area contributed by atoms with Crippen molar-refractivity contribution >= 4 is 29.7 Å². The van der Waals surface area contributed by atoms with Gasteiger partial charge in [0.05, 0.1) is 11.7 Å². The Kier molecular flexibility index (Phi) is 8.80. The molecule has 0 spiro atoms. The smallest absolute Gasteiger partial charge is 0.336 e. The van der Waals surface area contributed by atoms with E-state index in [0.717, 1.165) is 40.1 Å². The van der Waals surface area contributed by atoms with Gasteiger partial charge >= 0.3 is 5.97 Å². The third-order valence-electron chi connectivity index (χ3n) is 5.44. The Bertz CT molecular complexity index is 1160. The molecule has 1 aromatic heterocycles. The summed E-state index contributed by atoms with van der Waals surface area (Å²) in [4.78, 5) is 12.6. The molecule has 33 heavy (non-hydrogen) atoms. The molecule has 0 fully saturated rings. The van der Waals surface area contributed by atoms with E-state index in [4.69, 9.17) is 0 Å². The molecule has 0 saturated heterocycles. The number of rotatable bonds is 9. The van der Waals surface area contributed by atoms with Gasteiger partial charge in [0.2, 0.25) is 0 Å². The first-order valence-electron chi connectivity index (χ1n) is 10.6. The van der Waals surface area contributed by atoms with Crippen LogP contribution in [-0.2, 0) is 6.42 Å². The van der Waals surface area contributed by atoms with Gasteiger partial charge in [-0.05, 0) is 58.8 Å². The van der Waals surface area contributed by atoms with Crippen molar-refractivity contribution in [3.05, 3.63) is 107 Å². The second-order valence-corrected chi connectivity index (χ2v) is 8.57. The molecule has 0 aliphatic rings. The molecule has 4 rings (SSSR count). The third-order valence-corrected chi connectivity index (χ3v) is 6.34. The molecular formula is C27H26ClNO3S. The van der Waals surface area contributed by atoms with Crippen LogP contribution in [0, 0.1) is 0 Å². The number of hydrogen-bond acceptors (Lipinski definition) is 4. The number of benzene rings is 3. The monoisotopic (exact) mass is 479 g/mol. The van der Waals surface area contributed by atoms with Crippen LogP contribution in [0.1, 0.15) is 27.6 Å². The summed E-state index contributed by atoms with van der Waals surface area (Å²) < 4.78 is 0. The summed E-state index contributed by atoms with van der Waals surface area (Å²) in [6.45, 7) is 1.29. The van der Waals surface area contributed by atoms with E-state index < -0.39 is 12.1 Å². The SMILES string of the molecule is Cl.O=C(O)c1ccc(-c2ccc(CCNC[C@H](O)c3ccccc3)cc2)cc1-c1cccs1. The topological polar surface area (TPSA) is 69.6 Å². The average molecular weight is 480 g/mol. The predicted molar refractivity (Wildman–Crippen MR) is 137 cm³/mol. The first kappa shape index (κ1) is 24.7. The van der Waals surface area contributed by atoms with Gasteiger partial charge in [-0.2, -0.15) is 0 Å². The molecule has 1 atom stereocenters. The average Bonchev–Trinajstić information content (AvgIpc) is 3.37. The van der Waals surface area contributed by atoms with Crippen LogP contribution in [0.4, 0.5) is 0 Å². The number of aliphatic hydroxyl groups excluding tert-OH is 1. The molecule has 3 aromatic carbocycles. The van der Waals surface area contributed by atoms with E-state index in [-0.39, 0.29) is 12.4 Å². The fourth-order valence-electron chi connectivity index (χ4n) is 3.67. The molecule has 0 bridgehead atoms. The Morgan fingerprint density at radius 3 is 2.30 bits per heavy atom. The van der Waals surface area contributed by atoms with Crippen molar-refractivity contribution in [3.8, 4) is 21.6 Å².